The third-order valence-corrected chi connectivity index (χ3v) is 4.43. The summed E-state index contributed by atoms with van der Waals surface area (Å²) in [4.78, 5) is 14.5. The number of rotatable bonds is 6. The molecule has 2 unspecified atom stereocenters. The number of benzene rings is 1. The van der Waals surface area contributed by atoms with Crippen LogP contribution in [0.2, 0.25) is 0 Å². The zero-order chi connectivity index (χ0) is 17.6. The number of nitrogens with one attached hydrogen (secondary N) is 1. The predicted molar refractivity (Wildman–Crippen MR) is 94.6 cm³/mol. The van der Waals surface area contributed by atoms with E-state index in [1.807, 2.05) is 31.2 Å². The maximum absolute atomic E-state index is 12.7. The molecule has 2 amide bonds. The van der Waals surface area contributed by atoms with Gasteiger partial charge in [-0.3, -0.25) is 0 Å². The lowest BCUT2D eigenvalue weighted by atomic mass is 10.1. The molecule has 1 aliphatic heterocycles. The number of para-hydroxylation sites is 2. The average Bonchev–Trinajstić information content (AvgIpc) is 3.28. The Balaban J connectivity index is 1.65. The number of ether oxygens (including phenoxy) is 1. The highest BCUT2D eigenvalue weighted by Gasteiger charge is 2.31. The third-order valence-electron chi connectivity index (χ3n) is 4.43. The summed E-state index contributed by atoms with van der Waals surface area (Å²) in [5, 5.41) is 13.2. The van der Waals surface area contributed by atoms with Crippen LogP contribution in [-0.2, 0) is 0 Å². The van der Waals surface area contributed by atoms with Crippen LogP contribution in [0.3, 0.4) is 0 Å². The van der Waals surface area contributed by atoms with E-state index in [-0.39, 0.29) is 12.1 Å². The summed E-state index contributed by atoms with van der Waals surface area (Å²) in [6, 6.07) is 10.7. The number of likely N-dealkylation sites (tertiary alicyclic amines) is 1. The number of hydrogen-bond donors (Lipinski definition) is 2. The monoisotopic (exact) mass is 344 g/mol. The van der Waals surface area contributed by atoms with Gasteiger partial charge in [-0.2, -0.15) is 0 Å². The van der Waals surface area contributed by atoms with E-state index in [2.05, 4.69) is 5.32 Å². The quantitative estimate of drug-likeness (QED) is 0.836. The van der Waals surface area contributed by atoms with E-state index in [1.165, 1.54) is 0 Å². The van der Waals surface area contributed by atoms with Gasteiger partial charge in [-0.25, -0.2) is 4.79 Å². The zero-order valence-electron chi connectivity index (χ0n) is 14.4. The fraction of sp³-hybridized carbons (Fsp3) is 0.421. The molecular weight excluding hydrogens is 320 g/mol. The lowest BCUT2D eigenvalue weighted by Gasteiger charge is -2.26. The molecule has 0 radical (unpaired) electrons. The summed E-state index contributed by atoms with van der Waals surface area (Å²) >= 11 is 0. The van der Waals surface area contributed by atoms with Crippen molar-refractivity contribution in [2.24, 2.45) is 0 Å². The largest absolute Gasteiger partial charge is 0.492 e. The molecular formula is C19H24N2O4. The van der Waals surface area contributed by atoms with Gasteiger partial charge in [0.05, 0.1) is 18.6 Å². The number of nitrogens with zero attached hydrogens (tertiary/aromatic N) is 1. The molecule has 134 valence electrons. The van der Waals surface area contributed by atoms with Crippen molar-refractivity contribution < 1.29 is 19.1 Å². The normalized spacial score (nSPS) is 18.2. The van der Waals surface area contributed by atoms with Crippen LogP contribution in [0.4, 0.5) is 10.5 Å². The SMILES string of the molecule is CCOc1ccccc1NC(=O)N1CCCC1CC(O)c1ccco1. The second-order valence-corrected chi connectivity index (χ2v) is 6.12. The summed E-state index contributed by atoms with van der Waals surface area (Å²) in [7, 11) is 0. The molecule has 0 aliphatic carbocycles. The smallest absolute Gasteiger partial charge is 0.322 e. The summed E-state index contributed by atoms with van der Waals surface area (Å²) in [5.41, 5.74) is 0.659. The number of amides is 2. The van der Waals surface area contributed by atoms with Crippen LogP contribution in [0.5, 0.6) is 5.75 Å². The lowest BCUT2D eigenvalue weighted by Crippen LogP contribution is -2.39. The van der Waals surface area contributed by atoms with Gasteiger partial charge in [-0.1, -0.05) is 12.1 Å². The fourth-order valence-electron chi connectivity index (χ4n) is 3.24. The van der Waals surface area contributed by atoms with Crippen LogP contribution in [0, 0.1) is 0 Å². The van der Waals surface area contributed by atoms with Crippen LogP contribution < -0.4 is 10.1 Å². The molecule has 6 nitrogen and oxygen atoms in total. The molecule has 1 aromatic carbocycles. The number of anilines is 1. The third kappa shape index (κ3) is 4.14. The minimum absolute atomic E-state index is 0.0145. The summed E-state index contributed by atoms with van der Waals surface area (Å²) < 4.78 is 10.8. The van der Waals surface area contributed by atoms with Crippen molar-refractivity contribution in [3.05, 3.63) is 48.4 Å². The molecule has 0 spiro atoms. The van der Waals surface area contributed by atoms with Crippen LogP contribution in [0.25, 0.3) is 0 Å². The van der Waals surface area contributed by atoms with Crippen LogP contribution >= 0.6 is 0 Å². The number of urea groups is 1. The van der Waals surface area contributed by atoms with Crippen molar-refractivity contribution in [3.8, 4) is 5.75 Å². The standard InChI is InChI=1S/C19H24N2O4/c1-2-24-17-9-4-3-8-15(17)20-19(23)21-11-5-7-14(21)13-16(22)18-10-6-12-25-18/h3-4,6,8-10,12,14,16,22H,2,5,7,11,13H2,1H3,(H,20,23). The van der Waals surface area contributed by atoms with E-state index in [1.54, 1.807) is 23.3 Å². The number of furan rings is 1. The van der Waals surface area contributed by atoms with Crippen LogP contribution in [0.1, 0.15) is 38.1 Å². The van der Waals surface area contributed by atoms with Gasteiger partial charge in [0.1, 0.15) is 17.6 Å². The Bertz CT molecular complexity index is 686. The average molecular weight is 344 g/mol. The van der Waals surface area contributed by atoms with Gasteiger partial charge in [-0.05, 0) is 44.0 Å². The Labute approximate surface area is 147 Å². The first-order chi connectivity index (χ1) is 12.2. The molecule has 1 aromatic heterocycles. The first kappa shape index (κ1) is 17.4. The Hall–Kier alpha value is -2.47. The van der Waals surface area contributed by atoms with Gasteiger partial charge in [0.25, 0.3) is 0 Å². The lowest BCUT2D eigenvalue weighted by molar-refractivity contribution is 0.110. The van der Waals surface area contributed by atoms with Gasteiger partial charge < -0.3 is 24.5 Å². The molecule has 2 aromatic rings. The fourth-order valence-corrected chi connectivity index (χ4v) is 3.24. The number of aliphatic hydroxyl groups excluding tert-OH is 1. The topological polar surface area (TPSA) is 74.9 Å². The number of carbonyl (C=O) groups excluding carboxylic acids is 1. The second-order valence-electron chi connectivity index (χ2n) is 6.12. The van der Waals surface area contributed by atoms with E-state index in [4.69, 9.17) is 9.15 Å². The number of carbonyl (C=O) groups is 1. The van der Waals surface area contributed by atoms with Gasteiger partial charge in [0.2, 0.25) is 0 Å². The second kappa shape index (κ2) is 8.07. The summed E-state index contributed by atoms with van der Waals surface area (Å²) in [6.07, 6.45) is 3.11. The van der Waals surface area contributed by atoms with Crippen molar-refractivity contribution in [3.63, 3.8) is 0 Å². The maximum Gasteiger partial charge on any atom is 0.322 e. The Morgan fingerprint density at radius 2 is 2.24 bits per heavy atom. The van der Waals surface area contributed by atoms with Gasteiger partial charge in [0, 0.05) is 19.0 Å². The highest BCUT2D eigenvalue weighted by molar-refractivity contribution is 5.91. The number of hydrogen-bond acceptors (Lipinski definition) is 4. The molecule has 2 atom stereocenters. The number of aliphatic hydroxyl groups is 1. The molecule has 1 aliphatic rings. The minimum atomic E-state index is -0.705. The molecule has 0 bridgehead atoms. The van der Waals surface area contributed by atoms with E-state index >= 15 is 0 Å². The first-order valence-corrected chi connectivity index (χ1v) is 8.70. The van der Waals surface area contributed by atoms with Crippen molar-refractivity contribution in [2.45, 2.75) is 38.3 Å². The molecule has 1 fully saturated rings. The van der Waals surface area contributed by atoms with Crippen molar-refractivity contribution in [1.82, 2.24) is 4.90 Å². The predicted octanol–water partition coefficient (Wildman–Crippen LogP) is 3.80. The van der Waals surface area contributed by atoms with E-state index < -0.39 is 6.10 Å². The molecule has 1 saturated heterocycles. The highest BCUT2D eigenvalue weighted by Crippen LogP contribution is 2.29. The molecule has 25 heavy (non-hydrogen) atoms. The van der Waals surface area contributed by atoms with Crippen molar-refractivity contribution in [2.75, 3.05) is 18.5 Å². The first-order valence-electron chi connectivity index (χ1n) is 8.70. The van der Waals surface area contributed by atoms with Gasteiger partial charge >= 0.3 is 6.03 Å². The van der Waals surface area contributed by atoms with Crippen LogP contribution in [-0.4, -0.2) is 35.2 Å². The van der Waals surface area contributed by atoms with E-state index in [0.717, 1.165) is 12.8 Å². The molecule has 2 heterocycles. The highest BCUT2D eigenvalue weighted by atomic mass is 16.5. The Kier molecular flexibility index (Phi) is 5.60. The van der Waals surface area contributed by atoms with Crippen LogP contribution in [0.15, 0.2) is 47.1 Å². The van der Waals surface area contributed by atoms with Crippen molar-refractivity contribution >= 4 is 11.7 Å². The molecule has 6 heteroatoms. The van der Waals surface area contributed by atoms with Gasteiger partial charge in [-0.15, -0.1) is 0 Å². The minimum Gasteiger partial charge on any atom is -0.492 e. The summed E-state index contributed by atoms with van der Waals surface area (Å²) in [6.45, 7) is 3.12. The van der Waals surface area contributed by atoms with Crippen molar-refractivity contribution in [1.29, 1.82) is 0 Å². The summed E-state index contributed by atoms with van der Waals surface area (Å²) in [5.74, 6) is 1.19. The Morgan fingerprint density at radius 1 is 1.40 bits per heavy atom. The molecule has 3 rings (SSSR count). The van der Waals surface area contributed by atoms with Gasteiger partial charge in [0.15, 0.2) is 0 Å². The zero-order valence-corrected chi connectivity index (χ0v) is 14.4. The van der Waals surface area contributed by atoms with E-state index in [9.17, 15) is 9.90 Å². The van der Waals surface area contributed by atoms with E-state index in [0.29, 0.717) is 36.8 Å². The Morgan fingerprint density at radius 3 is 3.00 bits per heavy atom. The molecule has 2 N–H and O–H groups in total. The molecule has 0 saturated carbocycles. The maximum atomic E-state index is 12.7.